The highest BCUT2D eigenvalue weighted by Gasteiger charge is 2.23. The fourth-order valence-electron chi connectivity index (χ4n) is 2.88. The van der Waals surface area contributed by atoms with Crippen LogP contribution in [-0.4, -0.2) is 59.4 Å². The molecule has 128 valence electrons. The molecule has 0 radical (unpaired) electrons. The van der Waals surface area contributed by atoms with Crippen LogP contribution in [-0.2, 0) is 9.59 Å². The van der Waals surface area contributed by atoms with Gasteiger partial charge in [-0.2, -0.15) is 0 Å². The number of aromatic amines is 1. The van der Waals surface area contributed by atoms with Gasteiger partial charge in [0.15, 0.2) is 0 Å². The number of amides is 2. The Morgan fingerprint density at radius 3 is 2.80 bits per heavy atom. The molecule has 25 heavy (non-hydrogen) atoms. The maximum atomic E-state index is 11.8. The summed E-state index contributed by atoms with van der Waals surface area (Å²) in [6, 6.07) is 2.01. The molecule has 3 N–H and O–H groups in total. The highest BCUT2D eigenvalue weighted by Crippen LogP contribution is 2.24. The van der Waals surface area contributed by atoms with Gasteiger partial charge in [-0.1, -0.05) is 0 Å². The number of anilines is 1. The predicted molar refractivity (Wildman–Crippen MR) is 94.6 cm³/mol. The molecule has 2 aromatic rings. The Labute approximate surface area is 144 Å². The standard InChI is InChI=1S/C17H18N6O2/c1-19-11-16(25)23-6-4-22(5-7-23)13-8-14-12(2-3-15(18)24)9-20-17(14)21-10-13/h2-3,8-10H,4-7,11H2,(H2,18,24)(H,20,21)/b3-2+. The van der Waals surface area contributed by atoms with Gasteiger partial charge in [0.1, 0.15) is 5.65 Å². The molecule has 0 atom stereocenters. The molecule has 0 spiro atoms. The quantitative estimate of drug-likeness (QED) is 0.631. The number of piperazine rings is 1. The maximum Gasteiger partial charge on any atom is 0.302 e. The molecular weight excluding hydrogens is 320 g/mol. The van der Waals surface area contributed by atoms with Crippen molar-refractivity contribution >= 4 is 34.6 Å². The number of nitrogens with one attached hydrogen (secondary N) is 1. The van der Waals surface area contributed by atoms with Crippen LogP contribution in [0.15, 0.2) is 24.5 Å². The fraction of sp³-hybridized carbons (Fsp3) is 0.294. The first-order valence-corrected chi connectivity index (χ1v) is 7.89. The number of hydrogen-bond acceptors (Lipinski definition) is 4. The SMILES string of the molecule is [C-]#[N+]CC(=O)N1CCN(c2cnc3[nH]cc(/C=C/C(N)=O)c3c2)CC1. The molecule has 0 saturated carbocycles. The number of carbonyl (C=O) groups excluding carboxylic acids is 2. The summed E-state index contributed by atoms with van der Waals surface area (Å²) < 4.78 is 0. The van der Waals surface area contributed by atoms with Crippen molar-refractivity contribution in [3.05, 3.63) is 41.5 Å². The number of hydrogen-bond donors (Lipinski definition) is 2. The monoisotopic (exact) mass is 338 g/mol. The predicted octanol–water partition coefficient (Wildman–Crippen LogP) is 0.629. The number of rotatable bonds is 4. The molecule has 0 unspecified atom stereocenters. The number of pyridine rings is 1. The molecule has 3 rings (SSSR count). The number of nitrogens with zero attached hydrogens (tertiary/aromatic N) is 4. The van der Waals surface area contributed by atoms with Gasteiger partial charge in [-0.25, -0.2) is 11.6 Å². The summed E-state index contributed by atoms with van der Waals surface area (Å²) in [5.74, 6) is -0.619. The van der Waals surface area contributed by atoms with Crippen LogP contribution in [0.5, 0.6) is 0 Å². The largest absolute Gasteiger partial charge is 0.367 e. The average Bonchev–Trinajstić information content (AvgIpc) is 3.02. The summed E-state index contributed by atoms with van der Waals surface area (Å²) in [6.07, 6.45) is 6.55. The second-order valence-electron chi connectivity index (χ2n) is 5.75. The van der Waals surface area contributed by atoms with E-state index in [9.17, 15) is 9.59 Å². The molecule has 8 nitrogen and oxygen atoms in total. The third-order valence-corrected chi connectivity index (χ3v) is 4.19. The van der Waals surface area contributed by atoms with E-state index in [1.165, 1.54) is 6.08 Å². The third kappa shape index (κ3) is 3.61. The number of primary amides is 1. The molecule has 0 aliphatic carbocycles. The minimum Gasteiger partial charge on any atom is -0.367 e. The summed E-state index contributed by atoms with van der Waals surface area (Å²) in [7, 11) is 0. The molecule has 2 aromatic heterocycles. The molecular formula is C17H18N6O2. The minimum atomic E-state index is -0.501. The van der Waals surface area contributed by atoms with E-state index in [1.807, 2.05) is 6.07 Å². The Kier molecular flexibility index (Phi) is 4.66. The molecule has 8 heteroatoms. The summed E-state index contributed by atoms with van der Waals surface area (Å²) >= 11 is 0. The molecule has 0 bridgehead atoms. The van der Waals surface area contributed by atoms with Crippen LogP contribution < -0.4 is 10.6 Å². The Balaban J connectivity index is 1.76. The normalized spacial score (nSPS) is 14.8. The summed E-state index contributed by atoms with van der Waals surface area (Å²) in [5, 5.41) is 0.904. The molecule has 1 aliphatic rings. The van der Waals surface area contributed by atoms with Gasteiger partial charge < -0.3 is 25.4 Å². The van der Waals surface area contributed by atoms with E-state index in [0.29, 0.717) is 26.2 Å². The van der Waals surface area contributed by atoms with Crippen molar-refractivity contribution in [2.24, 2.45) is 5.73 Å². The first kappa shape index (κ1) is 16.5. The average molecular weight is 338 g/mol. The Hall–Kier alpha value is -3.34. The summed E-state index contributed by atoms with van der Waals surface area (Å²) in [5.41, 5.74) is 7.68. The van der Waals surface area contributed by atoms with E-state index >= 15 is 0 Å². The van der Waals surface area contributed by atoms with E-state index in [-0.39, 0.29) is 12.5 Å². The number of fused-ring (bicyclic) bond motifs is 1. The Morgan fingerprint density at radius 1 is 1.36 bits per heavy atom. The molecule has 2 amide bonds. The van der Waals surface area contributed by atoms with Crippen LogP contribution in [0.3, 0.4) is 0 Å². The van der Waals surface area contributed by atoms with Crippen LogP contribution in [0.1, 0.15) is 5.56 Å². The molecule has 1 fully saturated rings. The third-order valence-electron chi connectivity index (χ3n) is 4.19. The zero-order valence-corrected chi connectivity index (χ0v) is 13.6. The van der Waals surface area contributed by atoms with Crippen molar-refractivity contribution in [3.63, 3.8) is 0 Å². The smallest absolute Gasteiger partial charge is 0.302 e. The minimum absolute atomic E-state index is 0.0909. The lowest BCUT2D eigenvalue weighted by molar-refractivity contribution is -0.129. The lowest BCUT2D eigenvalue weighted by atomic mass is 10.2. The fourth-order valence-corrected chi connectivity index (χ4v) is 2.88. The number of nitrogens with two attached hydrogens (primary N) is 1. The van der Waals surface area contributed by atoms with Crippen molar-refractivity contribution in [1.82, 2.24) is 14.9 Å². The topological polar surface area (TPSA) is 99.7 Å². The van der Waals surface area contributed by atoms with Gasteiger partial charge in [-0.3, -0.25) is 9.59 Å². The van der Waals surface area contributed by atoms with E-state index in [0.717, 1.165) is 22.3 Å². The number of carbonyl (C=O) groups is 2. The zero-order chi connectivity index (χ0) is 17.8. The van der Waals surface area contributed by atoms with Gasteiger partial charge in [0, 0.05) is 49.4 Å². The van der Waals surface area contributed by atoms with Crippen LogP contribution >= 0.6 is 0 Å². The van der Waals surface area contributed by atoms with Gasteiger partial charge in [0.2, 0.25) is 5.91 Å². The summed E-state index contributed by atoms with van der Waals surface area (Å²) in [6.45, 7) is 9.26. The number of H-pyrrole nitrogens is 1. The number of aromatic nitrogens is 2. The molecule has 1 aliphatic heterocycles. The highest BCUT2D eigenvalue weighted by atomic mass is 16.2. The van der Waals surface area contributed by atoms with Crippen LogP contribution in [0.25, 0.3) is 22.0 Å². The van der Waals surface area contributed by atoms with Gasteiger partial charge in [0.05, 0.1) is 11.9 Å². The van der Waals surface area contributed by atoms with Gasteiger partial charge in [0.25, 0.3) is 6.54 Å². The van der Waals surface area contributed by atoms with Crippen molar-refractivity contribution in [1.29, 1.82) is 0 Å². The van der Waals surface area contributed by atoms with Crippen molar-refractivity contribution in [2.75, 3.05) is 37.6 Å². The zero-order valence-electron chi connectivity index (χ0n) is 13.6. The van der Waals surface area contributed by atoms with E-state index < -0.39 is 5.91 Å². The van der Waals surface area contributed by atoms with Crippen molar-refractivity contribution in [3.8, 4) is 0 Å². The van der Waals surface area contributed by atoms with E-state index in [4.69, 9.17) is 12.3 Å². The van der Waals surface area contributed by atoms with E-state index in [1.54, 1.807) is 23.4 Å². The van der Waals surface area contributed by atoms with Crippen LogP contribution in [0.2, 0.25) is 0 Å². The molecule has 0 aromatic carbocycles. The van der Waals surface area contributed by atoms with Gasteiger partial charge >= 0.3 is 5.91 Å². The molecule has 1 saturated heterocycles. The molecule has 3 heterocycles. The first-order valence-electron chi connectivity index (χ1n) is 7.89. The van der Waals surface area contributed by atoms with Crippen molar-refractivity contribution < 1.29 is 9.59 Å². The maximum absolute atomic E-state index is 11.8. The first-order chi connectivity index (χ1) is 12.1. The van der Waals surface area contributed by atoms with Crippen LogP contribution in [0.4, 0.5) is 5.69 Å². The van der Waals surface area contributed by atoms with Crippen molar-refractivity contribution in [2.45, 2.75) is 0 Å². The Bertz CT molecular complexity index is 871. The Morgan fingerprint density at radius 2 is 2.12 bits per heavy atom. The second-order valence-corrected chi connectivity index (χ2v) is 5.75. The van der Waals surface area contributed by atoms with Crippen LogP contribution in [0, 0.1) is 6.57 Å². The van der Waals surface area contributed by atoms with E-state index in [2.05, 4.69) is 19.7 Å². The van der Waals surface area contributed by atoms with Gasteiger partial charge in [-0.05, 0) is 12.1 Å². The lowest BCUT2D eigenvalue weighted by Gasteiger charge is -2.35. The summed E-state index contributed by atoms with van der Waals surface area (Å²) in [4.78, 5) is 37.2. The highest BCUT2D eigenvalue weighted by molar-refractivity contribution is 5.95. The second kappa shape index (κ2) is 7.05. The van der Waals surface area contributed by atoms with Gasteiger partial charge in [-0.15, -0.1) is 0 Å². The lowest BCUT2D eigenvalue weighted by Crippen LogP contribution is -2.49.